The third-order valence-corrected chi connectivity index (χ3v) is 3.71. The van der Waals surface area contributed by atoms with Crippen molar-refractivity contribution < 1.29 is 9.59 Å². The monoisotopic (exact) mass is 295 g/mol. The number of hydrogen-bond donors (Lipinski definition) is 1. The Morgan fingerprint density at radius 1 is 1.05 bits per heavy atom. The summed E-state index contributed by atoms with van der Waals surface area (Å²) in [5, 5.41) is 7.43. The van der Waals surface area contributed by atoms with Crippen LogP contribution in [-0.4, -0.2) is 26.6 Å². The number of nitrogens with one attached hydrogen (secondary N) is 1. The summed E-state index contributed by atoms with van der Waals surface area (Å²) in [4.78, 5) is 28.9. The van der Waals surface area contributed by atoms with Crippen molar-refractivity contribution in [3.63, 3.8) is 0 Å². The molecule has 2 aliphatic heterocycles. The van der Waals surface area contributed by atoms with E-state index in [9.17, 15) is 9.59 Å². The molecule has 0 unspecified atom stereocenters. The van der Waals surface area contributed by atoms with Crippen LogP contribution in [0.15, 0.2) is 36.4 Å². The third kappa shape index (κ3) is 1.98. The van der Waals surface area contributed by atoms with Crippen LogP contribution in [0.2, 0.25) is 0 Å². The Morgan fingerprint density at radius 3 is 2.50 bits per heavy atom. The normalized spacial score (nSPS) is 17.3. The summed E-state index contributed by atoms with van der Waals surface area (Å²) in [6.07, 6.45) is 2.45. The fraction of sp³-hybridized carbons (Fsp3) is 0.200. The molecule has 0 spiro atoms. The fourth-order valence-electron chi connectivity index (χ4n) is 2.60. The molecule has 110 valence electrons. The van der Waals surface area contributed by atoms with Gasteiger partial charge in [0.05, 0.1) is 6.54 Å². The Kier molecular flexibility index (Phi) is 2.78. The van der Waals surface area contributed by atoms with E-state index in [2.05, 4.69) is 15.4 Å². The Labute approximate surface area is 126 Å². The highest BCUT2D eigenvalue weighted by atomic mass is 16.2. The van der Waals surface area contributed by atoms with E-state index < -0.39 is 0 Å². The molecule has 0 saturated carbocycles. The van der Waals surface area contributed by atoms with Gasteiger partial charge < -0.3 is 5.32 Å². The molecule has 1 aromatic heterocycles. The lowest BCUT2D eigenvalue weighted by Crippen LogP contribution is -2.29. The molecule has 0 bridgehead atoms. The molecule has 3 heterocycles. The number of amides is 2. The van der Waals surface area contributed by atoms with Crippen LogP contribution in [-0.2, 0) is 16.1 Å². The molecule has 2 aromatic rings. The van der Waals surface area contributed by atoms with E-state index in [-0.39, 0.29) is 30.6 Å². The predicted molar refractivity (Wildman–Crippen MR) is 79.8 cm³/mol. The Hall–Kier alpha value is -2.96. The van der Waals surface area contributed by atoms with Crippen molar-refractivity contribution in [3.05, 3.63) is 42.0 Å². The van der Waals surface area contributed by atoms with Gasteiger partial charge in [-0.3, -0.25) is 9.59 Å². The van der Waals surface area contributed by atoms with Crippen molar-refractivity contribution in [1.29, 1.82) is 0 Å². The highest BCUT2D eigenvalue weighted by Gasteiger charge is 2.34. The quantitative estimate of drug-likeness (QED) is 0.847. The van der Waals surface area contributed by atoms with Crippen LogP contribution in [0.25, 0.3) is 5.70 Å². The van der Waals surface area contributed by atoms with Crippen molar-refractivity contribution in [3.8, 4) is 0 Å². The van der Waals surface area contributed by atoms with Gasteiger partial charge in [0.1, 0.15) is 0 Å². The van der Waals surface area contributed by atoms with E-state index in [1.807, 2.05) is 36.4 Å². The number of hydrogen-bond acceptors (Lipinski definition) is 5. The third-order valence-electron chi connectivity index (χ3n) is 3.71. The fourth-order valence-corrected chi connectivity index (χ4v) is 2.60. The largest absolute Gasteiger partial charge is 0.324 e. The summed E-state index contributed by atoms with van der Waals surface area (Å²) in [6.45, 7) is 0.537. The maximum Gasteiger partial charge on any atom is 0.260 e. The molecule has 0 radical (unpaired) electrons. The van der Waals surface area contributed by atoms with Gasteiger partial charge in [0.2, 0.25) is 17.8 Å². The van der Waals surface area contributed by atoms with Gasteiger partial charge in [-0.1, -0.05) is 30.3 Å². The number of allylic oxidation sites excluding steroid dienone is 1. The highest BCUT2D eigenvalue weighted by molar-refractivity contribution is 6.18. The topological polar surface area (TPSA) is 80.1 Å². The second-order valence-corrected chi connectivity index (χ2v) is 5.15. The summed E-state index contributed by atoms with van der Waals surface area (Å²) in [7, 11) is 0. The number of anilines is 2. The average Bonchev–Trinajstić information content (AvgIpc) is 3.10. The van der Waals surface area contributed by atoms with Crippen LogP contribution in [0.5, 0.6) is 0 Å². The molecular weight excluding hydrogens is 282 g/mol. The summed E-state index contributed by atoms with van der Waals surface area (Å²) in [6, 6.07) is 9.88. The van der Waals surface area contributed by atoms with Gasteiger partial charge in [0.15, 0.2) is 0 Å². The Morgan fingerprint density at radius 2 is 1.77 bits per heavy atom. The molecule has 0 atom stereocenters. The number of fused-ring (bicyclic) bond motifs is 1. The summed E-state index contributed by atoms with van der Waals surface area (Å²) in [5.41, 5.74) is 1.98. The number of aromatic nitrogens is 3. The van der Waals surface area contributed by atoms with Gasteiger partial charge in [0.25, 0.3) is 5.95 Å². The molecule has 2 aliphatic rings. The lowest BCUT2D eigenvalue weighted by Gasteiger charge is -2.15. The maximum atomic E-state index is 11.8. The van der Waals surface area contributed by atoms with E-state index in [4.69, 9.17) is 0 Å². The second-order valence-electron chi connectivity index (χ2n) is 5.15. The first-order valence-electron chi connectivity index (χ1n) is 7.05. The summed E-state index contributed by atoms with van der Waals surface area (Å²) < 4.78 is 1.64. The smallest absolute Gasteiger partial charge is 0.260 e. The summed E-state index contributed by atoms with van der Waals surface area (Å²) in [5.74, 6) is 0.190. The summed E-state index contributed by atoms with van der Waals surface area (Å²) >= 11 is 0. The average molecular weight is 295 g/mol. The standard InChI is InChI=1S/C15H13N5O2/c21-12-6-7-13(22)20(12)15-17-14-16-11(8-9-19(14)18-15)10-4-2-1-3-5-10/h1-5,8H,6-7,9H2,(H,16,17,18). The number of nitrogens with zero attached hydrogens (tertiary/aromatic N) is 4. The minimum atomic E-state index is -0.246. The van der Waals surface area contributed by atoms with E-state index in [0.717, 1.165) is 16.2 Å². The lowest BCUT2D eigenvalue weighted by atomic mass is 10.1. The molecule has 7 nitrogen and oxygen atoms in total. The van der Waals surface area contributed by atoms with Gasteiger partial charge in [-0.2, -0.15) is 4.98 Å². The molecule has 2 amide bonds. The van der Waals surface area contributed by atoms with Gasteiger partial charge in [0, 0.05) is 18.5 Å². The number of imide groups is 1. The van der Waals surface area contributed by atoms with Crippen LogP contribution in [0, 0.1) is 0 Å². The zero-order valence-electron chi connectivity index (χ0n) is 11.7. The molecule has 4 rings (SSSR count). The van der Waals surface area contributed by atoms with Gasteiger partial charge in [-0.25, -0.2) is 9.58 Å². The lowest BCUT2D eigenvalue weighted by molar-refractivity contribution is -0.121. The molecule has 22 heavy (non-hydrogen) atoms. The van der Waals surface area contributed by atoms with Crippen molar-refractivity contribution >= 4 is 29.4 Å². The van der Waals surface area contributed by atoms with Crippen molar-refractivity contribution in [1.82, 2.24) is 14.8 Å². The van der Waals surface area contributed by atoms with E-state index >= 15 is 0 Å². The molecule has 1 saturated heterocycles. The second kappa shape index (κ2) is 4.80. The van der Waals surface area contributed by atoms with Crippen LogP contribution in [0.4, 0.5) is 11.9 Å². The zero-order chi connectivity index (χ0) is 15.1. The number of carbonyl (C=O) groups is 2. The maximum absolute atomic E-state index is 11.8. The molecule has 1 N–H and O–H groups in total. The van der Waals surface area contributed by atoms with E-state index in [1.54, 1.807) is 4.68 Å². The SMILES string of the molecule is O=C1CCC(=O)N1c1nc2n(n1)CC=C(c1ccccc1)N2. The predicted octanol–water partition coefficient (Wildman–Crippen LogP) is 1.40. The molecule has 1 aromatic carbocycles. The van der Waals surface area contributed by atoms with Gasteiger partial charge in [-0.05, 0) is 11.6 Å². The first kappa shape index (κ1) is 12.8. The first-order valence-corrected chi connectivity index (χ1v) is 7.05. The molecule has 1 fully saturated rings. The van der Waals surface area contributed by atoms with Crippen LogP contribution in [0.1, 0.15) is 18.4 Å². The van der Waals surface area contributed by atoms with Crippen molar-refractivity contribution in [2.75, 3.05) is 10.2 Å². The Balaban J connectivity index is 1.63. The first-order chi connectivity index (χ1) is 10.7. The highest BCUT2D eigenvalue weighted by Crippen LogP contribution is 2.26. The van der Waals surface area contributed by atoms with Gasteiger partial charge in [-0.15, -0.1) is 5.10 Å². The number of benzene rings is 1. The minimum absolute atomic E-state index is 0.151. The van der Waals surface area contributed by atoms with Crippen molar-refractivity contribution in [2.24, 2.45) is 0 Å². The zero-order valence-corrected chi connectivity index (χ0v) is 11.7. The van der Waals surface area contributed by atoms with Crippen LogP contribution < -0.4 is 10.2 Å². The molecule has 7 heteroatoms. The molecule has 0 aliphatic carbocycles. The van der Waals surface area contributed by atoms with Gasteiger partial charge >= 0.3 is 0 Å². The number of carbonyl (C=O) groups excluding carboxylic acids is 2. The van der Waals surface area contributed by atoms with Crippen molar-refractivity contribution in [2.45, 2.75) is 19.4 Å². The van der Waals surface area contributed by atoms with Crippen LogP contribution in [0.3, 0.4) is 0 Å². The minimum Gasteiger partial charge on any atom is -0.324 e. The van der Waals surface area contributed by atoms with E-state index in [1.165, 1.54) is 0 Å². The Bertz CT molecular complexity index is 778. The van der Waals surface area contributed by atoms with Crippen LogP contribution >= 0.6 is 0 Å². The molecular formula is C15H13N5O2. The van der Waals surface area contributed by atoms with E-state index in [0.29, 0.717) is 12.5 Å². The number of rotatable bonds is 2.